The number of hydrogen-bond acceptors (Lipinski definition) is 5. The number of tetrazole rings is 1. The van der Waals surface area contributed by atoms with E-state index in [1.165, 1.54) is 4.68 Å². The van der Waals surface area contributed by atoms with E-state index in [-0.39, 0.29) is 6.54 Å². The molecule has 1 unspecified atom stereocenters. The number of carboxylic acids is 1. The van der Waals surface area contributed by atoms with Crippen LogP contribution in [0.1, 0.15) is 6.92 Å². The van der Waals surface area contributed by atoms with E-state index >= 15 is 0 Å². The highest BCUT2D eigenvalue weighted by Crippen LogP contribution is 2.14. The lowest BCUT2D eigenvalue weighted by atomic mass is 10.2. The second kappa shape index (κ2) is 4.09. The molecule has 0 saturated heterocycles. The van der Waals surface area contributed by atoms with Crippen LogP contribution in [0.3, 0.4) is 0 Å². The van der Waals surface area contributed by atoms with Gasteiger partial charge in [0.2, 0.25) is 0 Å². The lowest BCUT2D eigenvalue weighted by molar-refractivity contribution is -0.141. The Kier molecular flexibility index (Phi) is 2.63. The molecule has 0 aromatic carbocycles. The van der Waals surface area contributed by atoms with Crippen molar-refractivity contribution < 1.29 is 9.90 Å². The smallest absolute Gasteiger partial charge is 0.308 e. The number of aromatic nitrogens is 6. The summed E-state index contributed by atoms with van der Waals surface area (Å²) in [6.45, 7) is 1.83. The monoisotopic (exact) mass is 222 g/mol. The van der Waals surface area contributed by atoms with Gasteiger partial charge in [-0.1, -0.05) is 6.92 Å². The molecule has 8 nitrogen and oxygen atoms in total. The van der Waals surface area contributed by atoms with Crippen molar-refractivity contribution in [2.75, 3.05) is 0 Å². The molecule has 0 aliphatic rings. The fraction of sp³-hybridized carbons (Fsp3) is 0.375. The second-order valence-corrected chi connectivity index (χ2v) is 3.41. The summed E-state index contributed by atoms with van der Waals surface area (Å²) in [7, 11) is 0. The standard InChI is InChI=1S/C8H10N6O2/c1-5(8(15)16)4-14-7(11-12-13-14)6-2-9-10-3-6/h2-3,5H,4H2,1H3,(H,9,10)(H,15,16). The summed E-state index contributed by atoms with van der Waals surface area (Å²) in [6, 6.07) is 0. The van der Waals surface area contributed by atoms with Crippen LogP contribution in [-0.2, 0) is 11.3 Å². The Morgan fingerprint density at radius 3 is 3.12 bits per heavy atom. The molecule has 0 bridgehead atoms. The Morgan fingerprint density at radius 1 is 1.69 bits per heavy atom. The Morgan fingerprint density at radius 2 is 2.50 bits per heavy atom. The molecular formula is C8H10N6O2. The number of carbonyl (C=O) groups is 1. The van der Waals surface area contributed by atoms with Crippen LogP contribution in [0, 0.1) is 5.92 Å². The molecule has 2 aromatic heterocycles. The van der Waals surface area contributed by atoms with Crippen LogP contribution in [0.4, 0.5) is 0 Å². The lowest BCUT2D eigenvalue weighted by Gasteiger charge is -2.06. The predicted octanol–water partition coefficient (Wildman–Crippen LogP) is -0.216. The molecule has 16 heavy (non-hydrogen) atoms. The van der Waals surface area contributed by atoms with Crippen molar-refractivity contribution in [2.45, 2.75) is 13.5 Å². The lowest BCUT2D eigenvalue weighted by Crippen LogP contribution is -2.18. The van der Waals surface area contributed by atoms with Gasteiger partial charge in [-0.15, -0.1) is 5.10 Å². The van der Waals surface area contributed by atoms with Crippen molar-refractivity contribution in [1.29, 1.82) is 0 Å². The van der Waals surface area contributed by atoms with E-state index in [1.807, 2.05) is 0 Å². The van der Waals surface area contributed by atoms with Crippen LogP contribution in [0.15, 0.2) is 12.4 Å². The first-order valence-corrected chi connectivity index (χ1v) is 4.66. The highest BCUT2D eigenvalue weighted by atomic mass is 16.4. The van der Waals surface area contributed by atoms with Crippen molar-refractivity contribution in [3.63, 3.8) is 0 Å². The van der Waals surface area contributed by atoms with E-state index < -0.39 is 11.9 Å². The Hall–Kier alpha value is -2.25. The van der Waals surface area contributed by atoms with E-state index in [9.17, 15) is 4.79 Å². The van der Waals surface area contributed by atoms with Crippen LogP contribution in [0.5, 0.6) is 0 Å². The highest BCUT2D eigenvalue weighted by Gasteiger charge is 2.16. The van der Waals surface area contributed by atoms with Gasteiger partial charge in [0, 0.05) is 6.20 Å². The van der Waals surface area contributed by atoms with Crippen LogP contribution in [-0.4, -0.2) is 41.5 Å². The van der Waals surface area contributed by atoms with Gasteiger partial charge in [-0.05, 0) is 10.4 Å². The average Bonchev–Trinajstić information content (AvgIpc) is 2.85. The summed E-state index contributed by atoms with van der Waals surface area (Å²) in [6.07, 6.45) is 3.22. The first-order valence-electron chi connectivity index (χ1n) is 4.66. The molecule has 0 fully saturated rings. The zero-order valence-electron chi connectivity index (χ0n) is 8.53. The minimum absolute atomic E-state index is 0.225. The molecule has 2 N–H and O–H groups in total. The van der Waals surface area contributed by atoms with Gasteiger partial charge in [-0.3, -0.25) is 9.89 Å². The molecule has 84 valence electrons. The van der Waals surface area contributed by atoms with Crippen molar-refractivity contribution in [1.82, 2.24) is 30.4 Å². The third-order valence-electron chi connectivity index (χ3n) is 2.16. The normalized spacial score (nSPS) is 12.6. The van der Waals surface area contributed by atoms with Gasteiger partial charge in [0.25, 0.3) is 0 Å². The first kappa shape index (κ1) is 10.3. The summed E-state index contributed by atoms with van der Waals surface area (Å²) >= 11 is 0. The Balaban J connectivity index is 2.23. The van der Waals surface area contributed by atoms with Crippen molar-refractivity contribution >= 4 is 5.97 Å². The maximum absolute atomic E-state index is 10.7. The molecule has 2 aromatic rings. The highest BCUT2D eigenvalue weighted by molar-refractivity contribution is 5.69. The largest absolute Gasteiger partial charge is 0.481 e. The summed E-state index contributed by atoms with van der Waals surface area (Å²) in [4.78, 5) is 10.7. The number of nitrogens with zero attached hydrogens (tertiary/aromatic N) is 5. The molecule has 2 heterocycles. The molecule has 0 aliphatic heterocycles. The zero-order valence-corrected chi connectivity index (χ0v) is 8.53. The maximum atomic E-state index is 10.7. The molecule has 0 radical (unpaired) electrons. The minimum Gasteiger partial charge on any atom is -0.481 e. The first-order chi connectivity index (χ1) is 7.68. The number of aliphatic carboxylic acids is 1. The topological polar surface area (TPSA) is 110 Å². The fourth-order valence-electron chi connectivity index (χ4n) is 1.25. The number of carboxylic acid groups (broad SMARTS) is 1. The number of hydrogen-bond donors (Lipinski definition) is 2. The summed E-state index contributed by atoms with van der Waals surface area (Å²) in [5, 5.41) is 26.3. The SMILES string of the molecule is CC(Cn1nnnc1-c1cn[nH]c1)C(=O)O. The van der Waals surface area contributed by atoms with E-state index in [0.717, 1.165) is 5.56 Å². The molecular weight excluding hydrogens is 212 g/mol. The average molecular weight is 222 g/mol. The Bertz CT molecular complexity index is 476. The van der Waals surface area contributed by atoms with Gasteiger partial charge < -0.3 is 5.11 Å². The summed E-state index contributed by atoms with van der Waals surface area (Å²) in [5.41, 5.74) is 0.725. The fourth-order valence-corrected chi connectivity index (χ4v) is 1.25. The number of aromatic amines is 1. The van der Waals surface area contributed by atoms with E-state index in [4.69, 9.17) is 5.11 Å². The summed E-state index contributed by atoms with van der Waals surface area (Å²) in [5.74, 6) is -0.926. The molecule has 0 spiro atoms. The van der Waals surface area contributed by atoms with Crippen LogP contribution < -0.4 is 0 Å². The van der Waals surface area contributed by atoms with Crippen molar-refractivity contribution in [3.8, 4) is 11.4 Å². The van der Waals surface area contributed by atoms with E-state index in [2.05, 4.69) is 25.7 Å². The maximum Gasteiger partial charge on any atom is 0.308 e. The van der Waals surface area contributed by atoms with Gasteiger partial charge in [0.1, 0.15) is 0 Å². The summed E-state index contributed by atoms with van der Waals surface area (Å²) < 4.78 is 1.45. The van der Waals surface area contributed by atoms with Gasteiger partial charge in [0.15, 0.2) is 5.82 Å². The third-order valence-corrected chi connectivity index (χ3v) is 2.16. The molecule has 0 amide bonds. The zero-order chi connectivity index (χ0) is 11.5. The van der Waals surface area contributed by atoms with Crippen LogP contribution in [0.25, 0.3) is 11.4 Å². The third kappa shape index (κ3) is 1.90. The van der Waals surface area contributed by atoms with Gasteiger partial charge in [-0.2, -0.15) is 5.10 Å². The van der Waals surface area contributed by atoms with Gasteiger partial charge >= 0.3 is 5.97 Å². The number of H-pyrrole nitrogens is 1. The second-order valence-electron chi connectivity index (χ2n) is 3.41. The van der Waals surface area contributed by atoms with Crippen molar-refractivity contribution in [3.05, 3.63) is 12.4 Å². The molecule has 0 saturated carbocycles. The van der Waals surface area contributed by atoms with Gasteiger partial charge in [0.05, 0.1) is 24.2 Å². The van der Waals surface area contributed by atoms with E-state index in [0.29, 0.717) is 5.82 Å². The molecule has 0 aliphatic carbocycles. The number of rotatable bonds is 4. The number of nitrogens with one attached hydrogen (secondary N) is 1. The molecule has 1 atom stereocenters. The van der Waals surface area contributed by atoms with Crippen LogP contribution >= 0.6 is 0 Å². The van der Waals surface area contributed by atoms with Crippen molar-refractivity contribution in [2.24, 2.45) is 5.92 Å². The quantitative estimate of drug-likeness (QED) is 0.740. The molecule has 2 rings (SSSR count). The van der Waals surface area contributed by atoms with E-state index in [1.54, 1.807) is 19.3 Å². The Labute approximate surface area is 90.3 Å². The molecule has 8 heteroatoms. The minimum atomic E-state index is -0.881. The van der Waals surface area contributed by atoms with Crippen LogP contribution in [0.2, 0.25) is 0 Å². The predicted molar refractivity (Wildman–Crippen MR) is 52.2 cm³/mol. The van der Waals surface area contributed by atoms with Gasteiger partial charge in [-0.25, -0.2) is 4.68 Å².